The lowest BCUT2D eigenvalue weighted by molar-refractivity contribution is 0.0693. The highest BCUT2D eigenvalue weighted by atomic mass is 16.5. The monoisotopic (exact) mass is 302 g/mol. The maximum atomic E-state index is 11.2. The standard InChI is InChI=1S/C18H22O4/c1-11-4-6-13(7-5-11)12(2)10-15-16(22-3)9-8-14(17(15)19)18(20)21/h4,8-9,13,19H,2,5-7,10H2,1,3H3,(H,20,21)/t13-/m0/s1. The molecule has 1 atom stereocenters. The predicted molar refractivity (Wildman–Crippen MR) is 85.6 cm³/mol. The van der Waals surface area contributed by atoms with Gasteiger partial charge in [-0.15, -0.1) is 0 Å². The van der Waals surface area contributed by atoms with Gasteiger partial charge in [-0.2, -0.15) is 0 Å². The summed E-state index contributed by atoms with van der Waals surface area (Å²) in [4.78, 5) is 11.2. The largest absolute Gasteiger partial charge is 0.507 e. The van der Waals surface area contributed by atoms with Crippen LogP contribution in [0.4, 0.5) is 0 Å². The molecule has 1 aliphatic rings. The van der Waals surface area contributed by atoms with Gasteiger partial charge in [0.05, 0.1) is 7.11 Å². The average Bonchev–Trinajstić information content (AvgIpc) is 2.49. The lowest BCUT2D eigenvalue weighted by atomic mass is 9.82. The second-order valence-electron chi connectivity index (χ2n) is 5.80. The smallest absolute Gasteiger partial charge is 0.339 e. The molecule has 0 bridgehead atoms. The minimum absolute atomic E-state index is 0.108. The van der Waals surface area contributed by atoms with Crippen molar-refractivity contribution in [3.63, 3.8) is 0 Å². The quantitative estimate of drug-likeness (QED) is 0.808. The van der Waals surface area contributed by atoms with E-state index in [-0.39, 0.29) is 11.3 Å². The molecule has 0 saturated heterocycles. The van der Waals surface area contributed by atoms with Crippen molar-refractivity contribution in [2.24, 2.45) is 5.92 Å². The van der Waals surface area contributed by atoms with Gasteiger partial charge >= 0.3 is 5.97 Å². The molecule has 1 aliphatic carbocycles. The molecule has 2 rings (SSSR count). The molecule has 4 nitrogen and oxygen atoms in total. The van der Waals surface area contributed by atoms with Gasteiger partial charge in [-0.3, -0.25) is 0 Å². The SMILES string of the molecule is C=C(Cc1c(OC)ccc(C(=O)O)c1O)[C@H]1CC=C(C)CC1. The Bertz CT molecular complexity index is 628. The number of aromatic carboxylic acids is 1. The number of allylic oxidation sites excluding steroid dienone is 3. The Morgan fingerprint density at radius 1 is 1.45 bits per heavy atom. The van der Waals surface area contributed by atoms with Crippen molar-refractivity contribution in [2.45, 2.75) is 32.6 Å². The maximum Gasteiger partial charge on any atom is 0.339 e. The van der Waals surface area contributed by atoms with Gasteiger partial charge in [0.1, 0.15) is 17.1 Å². The molecule has 0 aliphatic heterocycles. The van der Waals surface area contributed by atoms with Gasteiger partial charge in [-0.25, -0.2) is 4.79 Å². The number of carboxylic acid groups (broad SMARTS) is 1. The van der Waals surface area contributed by atoms with E-state index in [0.717, 1.165) is 24.8 Å². The van der Waals surface area contributed by atoms with Gasteiger partial charge in [0.25, 0.3) is 0 Å². The van der Waals surface area contributed by atoms with Crippen molar-refractivity contribution in [3.8, 4) is 11.5 Å². The summed E-state index contributed by atoms with van der Waals surface area (Å²) in [5, 5.41) is 19.4. The van der Waals surface area contributed by atoms with E-state index in [1.165, 1.54) is 18.7 Å². The molecule has 0 fully saturated rings. The van der Waals surface area contributed by atoms with E-state index in [1.54, 1.807) is 6.07 Å². The van der Waals surface area contributed by atoms with Crippen LogP contribution in [0.2, 0.25) is 0 Å². The van der Waals surface area contributed by atoms with Crippen LogP contribution in [-0.4, -0.2) is 23.3 Å². The van der Waals surface area contributed by atoms with Crippen LogP contribution in [0.1, 0.15) is 42.1 Å². The van der Waals surface area contributed by atoms with E-state index in [0.29, 0.717) is 23.7 Å². The van der Waals surface area contributed by atoms with Crippen LogP contribution in [0.5, 0.6) is 11.5 Å². The molecule has 0 spiro atoms. The lowest BCUT2D eigenvalue weighted by Gasteiger charge is -2.23. The summed E-state index contributed by atoms with van der Waals surface area (Å²) < 4.78 is 5.26. The normalized spacial score (nSPS) is 17.7. The average molecular weight is 302 g/mol. The minimum Gasteiger partial charge on any atom is -0.507 e. The van der Waals surface area contributed by atoms with Crippen molar-refractivity contribution in [1.29, 1.82) is 0 Å². The molecular formula is C18H22O4. The first kappa shape index (κ1) is 16.1. The van der Waals surface area contributed by atoms with Gasteiger partial charge < -0.3 is 14.9 Å². The number of hydrogen-bond acceptors (Lipinski definition) is 3. The van der Waals surface area contributed by atoms with Crippen LogP contribution < -0.4 is 4.74 Å². The number of aromatic hydroxyl groups is 1. The Kier molecular flexibility index (Phi) is 4.91. The third-order valence-electron chi connectivity index (χ3n) is 4.31. The summed E-state index contributed by atoms with van der Waals surface area (Å²) in [6, 6.07) is 2.94. The Morgan fingerprint density at radius 3 is 2.73 bits per heavy atom. The van der Waals surface area contributed by atoms with Crippen LogP contribution >= 0.6 is 0 Å². The highest BCUT2D eigenvalue weighted by Gasteiger charge is 2.22. The number of rotatable bonds is 5. The van der Waals surface area contributed by atoms with Crippen LogP contribution in [0.25, 0.3) is 0 Å². The number of phenols is 1. The molecule has 0 amide bonds. The van der Waals surface area contributed by atoms with E-state index >= 15 is 0 Å². The van der Waals surface area contributed by atoms with Crippen LogP contribution in [0.3, 0.4) is 0 Å². The number of ether oxygens (including phenoxy) is 1. The number of carbonyl (C=O) groups is 1. The van der Waals surface area contributed by atoms with Crippen molar-refractivity contribution in [1.82, 2.24) is 0 Å². The Balaban J connectivity index is 2.26. The maximum absolute atomic E-state index is 11.2. The first-order chi connectivity index (χ1) is 10.4. The molecule has 0 radical (unpaired) electrons. The minimum atomic E-state index is -1.15. The van der Waals surface area contributed by atoms with Gasteiger partial charge in [-0.05, 0) is 44.2 Å². The van der Waals surface area contributed by atoms with Gasteiger partial charge in [0.15, 0.2) is 0 Å². The molecule has 4 heteroatoms. The number of benzene rings is 1. The van der Waals surface area contributed by atoms with E-state index in [2.05, 4.69) is 19.6 Å². The fraction of sp³-hybridized carbons (Fsp3) is 0.389. The Labute approximate surface area is 130 Å². The Hall–Kier alpha value is -2.23. The van der Waals surface area contributed by atoms with E-state index in [1.807, 2.05) is 0 Å². The lowest BCUT2D eigenvalue weighted by Crippen LogP contribution is -2.10. The van der Waals surface area contributed by atoms with Crippen molar-refractivity contribution < 1.29 is 19.7 Å². The van der Waals surface area contributed by atoms with Crippen molar-refractivity contribution in [3.05, 3.63) is 47.1 Å². The summed E-state index contributed by atoms with van der Waals surface area (Å²) >= 11 is 0. The number of carboxylic acids is 1. The molecule has 22 heavy (non-hydrogen) atoms. The number of methoxy groups -OCH3 is 1. The second kappa shape index (κ2) is 6.69. The molecule has 118 valence electrons. The van der Waals surface area contributed by atoms with E-state index < -0.39 is 5.97 Å². The number of hydrogen-bond donors (Lipinski definition) is 2. The molecule has 1 aromatic carbocycles. The topological polar surface area (TPSA) is 66.8 Å². The predicted octanol–water partition coefficient (Wildman–Crippen LogP) is 3.94. The van der Waals surface area contributed by atoms with Gasteiger partial charge in [0, 0.05) is 12.0 Å². The van der Waals surface area contributed by atoms with Crippen LogP contribution in [0.15, 0.2) is 35.9 Å². The summed E-state index contributed by atoms with van der Waals surface area (Å²) in [5.74, 6) is -0.522. The molecular weight excluding hydrogens is 280 g/mol. The fourth-order valence-corrected chi connectivity index (χ4v) is 2.86. The first-order valence-electron chi connectivity index (χ1n) is 7.39. The molecule has 0 heterocycles. The van der Waals surface area contributed by atoms with Crippen LogP contribution in [0, 0.1) is 5.92 Å². The summed E-state index contributed by atoms with van der Waals surface area (Å²) in [7, 11) is 1.51. The second-order valence-corrected chi connectivity index (χ2v) is 5.80. The van der Waals surface area contributed by atoms with Gasteiger partial charge in [0.2, 0.25) is 0 Å². The van der Waals surface area contributed by atoms with E-state index in [4.69, 9.17) is 9.84 Å². The highest BCUT2D eigenvalue weighted by Crippen LogP contribution is 2.36. The highest BCUT2D eigenvalue weighted by molar-refractivity contribution is 5.91. The molecule has 0 unspecified atom stereocenters. The van der Waals surface area contributed by atoms with Gasteiger partial charge in [-0.1, -0.05) is 23.8 Å². The third kappa shape index (κ3) is 3.32. The zero-order valence-electron chi connectivity index (χ0n) is 13.1. The summed E-state index contributed by atoms with van der Waals surface area (Å²) in [5.41, 5.74) is 2.79. The molecule has 0 aromatic heterocycles. The Morgan fingerprint density at radius 2 is 2.18 bits per heavy atom. The fourth-order valence-electron chi connectivity index (χ4n) is 2.86. The molecule has 1 aromatic rings. The zero-order valence-corrected chi connectivity index (χ0v) is 13.1. The zero-order chi connectivity index (χ0) is 16.3. The molecule has 0 saturated carbocycles. The van der Waals surface area contributed by atoms with E-state index in [9.17, 15) is 9.90 Å². The summed E-state index contributed by atoms with van der Waals surface area (Å²) in [6.07, 6.45) is 5.70. The molecule has 2 N–H and O–H groups in total. The summed E-state index contributed by atoms with van der Waals surface area (Å²) in [6.45, 7) is 6.28. The van der Waals surface area contributed by atoms with Crippen molar-refractivity contribution >= 4 is 5.97 Å². The van der Waals surface area contributed by atoms with Crippen LogP contribution in [-0.2, 0) is 6.42 Å². The van der Waals surface area contributed by atoms with Crippen molar-refractivity contribution in [2.75, 3.05) is 7.11 Å². The first-order valence-corrected chi connectivity index (χ1v) is 7.39. The third-order valence-corrected chi connectivity index (χ3v) is 4.31.